The molecule has 0 heterocycles. The van der Waals surface area contributed by atoms with Crippen molar-refractivity contribution in [2.75, 3.05) is 12.3 Å². The van der Waals surface area contributed by atoms with Crippen molar-refractivity contribution in [2.45, 2.75) is 26.2 Å². The van der Waals surface area contributed by atoms with Crippen LogP contribution in [-0.4, -0.2) is 12.5 Å². The Balaban J connectivity index is 2.09. The van der Waals surface area contributed by atoms with E-state index >= 15 is 0 Å². The number of amides is 1. The first kappa shape index (κ1) is 13.5. The summed E-state index contributed by atoms with van der Waals surface area (Å²) in [7, 11) is 0. The van der Waals surface area contributed by atoms with Crippen molar-refractivity contribution in [2.24, 2.45) is 5.41 Å². The molecule has 0 aliphatic heterocycles. The molecular weight excluding hydrogens is 271 g/mol. The number of nitrogens with one attached hydrogen (secondary N) is 1. The predicted molar refractivity (Wildman–Crippen MR) is 75.2 cm³/mol. The zero-order valence-electron chi connectivity index (χ0n) is 10.2. The van der Waals surface area contributed by atoms with Gasteiger partial charge in [-0.1, -0.05) is 30.1 Å². The van der Waals surface area contributed by atoms with Crippen molar-refractivity contribution in [3.05, 3.63) is 27.7 Å². The molecule has 1 aromatic carbocycles. The summed E-state index contributed by atoms with van der Waals surface area (Å²) in [4.78, 5) is 12.1. The smallest absolute Gasteiger partial charge is 0.252 e. The van der Waals surface area contributed by atoms with Crippen LogP contribution in [0, 0.1) is 5.41 Å². The largest absolute Gasteiger partial charge is 0.399 e. The molecular formula is C13H16Cl2N2O. The zero-order valence-corrected chi connectivity index (χ0v) is 11.7. The van der Waals surface area contributed by atoms with Crippen LogP contribution in [0.5, 0.6) is 0 Å². The Kier molecular flexibility index (Phi) is 3.74. The number of nitrogen functional groups attached to an aromatic ring is 1. The van der Waals surface area contributed by atoms with Gasteiger partial charge in [-0.3, -0.25) is 4.79 Å². The first-order valence-electron chi connectivity index (χ1n) is 6.00. The fourth-order valence-electron chi connectivity index (χ4n) is 1.97. The van der Waals surface area contributed by atoms with E-state index in [1.54, 1.807) is 6.07 Å². The van der Waals surface area contributed by atoms with Crippen molar-refractivity contribution >= 4 is 34.8 Å². The molecule has 0 bridgehead atoms. The molecule has 0 radical (unpaired) electrons. The van der Waals surface area contributed by atoms with Gasteiger partial charge in [0.2, 0.25) is 0 Å². The molecule has 0 atom stereocenters. The van der Waals surface area contributed by atoms with Gasteiger partial charge in [0.05, 0.1) is 15.6 Å². The maximum Gasteiger partial charge on any atom is 0.252 e. The van der Waals surface area contributed by atoms with E-state index in [-0.39, 0.29) is 10.9 Å². The van der Waals surface area contributed by atoms with Crippen molar-refractivity contribution in [3.8, 4) is 0 Å². The van der Waals surface area contributed by atoms with E-state index in [0.29, 0.717) is 28.2 Å². The lowest BCUT2D eigenvalue weighted by Gasteiger charge is -2.14. The van der Waals surface area contributed by atoms with Gasteiger partial charge >= 0.3 is 0 Å². The minimum absolute atomic E-state index is 0.214. The highest BCUT2D eigenvalue weighted by molar-refractivity contribution is 6.44. The summed E-state index contributed by atoms with van der Waals surface area (Å²) in [6.07, 6.45) is 3.43. The molecule has 0 unspecified atom stereocenters. The molecule has 0 saturated heterocycles. The van der Waals surface area contributed by atoms with Crippen LogP contribution in [0.15, 0.2) is 12.1 Å². The van der Waals surface area contributed by atoms with E-state index in [4.69, 9.17) is 28.9 Å². The van der Waals surface area contributed by atoms with Crippen molar-refractivity contribution < 1.29 is 4.79 Å². The fourth-order valence-corrected chi connectivity index (χ4v) is 2.39. The van der Waals surface area contributed by atoms with Gasteiger partial charge in [0, 0.05) is 12.2 Å². The maximum atomic E-state index is 12.1. The number of benzene rings is 1. The molecule has 1 aliphatic rings. The van der Waals surface area contributed by atoms with Crippen LogP contribution in [0.3, 0.4) is 0 Å². The Hall–Kier alpha value is -0.930. The van der Waals surface area contributed by atoms with E-state index < -0.39 is 0 Å². The van der Waals surface area contributed by atoms with Crippen LogP contribution in [0.1, 0.15) is 36.5 Å². The van der Waals surface area contributed by atoms with E-state index in [0.717, 1.165) is 6.42 Å². The lowest BCUT2D eigenvalue weighted by molar-refractivity contribution is 0.0944. The molecule has 1 fully saturated rings. The van der Waals surface area contributed by atoms with Gasteiger partial charge in [0.25, 0.3) is 5.91 Å². The lowest BCUT2D eigenvalue weighted by atomic mass is 10.0. The van der Waals surface area contributed by atoms with Crippen molar-refractivity contribution in [1.82, 2.24) is 5.32 Å². The summed E-state index contributed by atoms with van der Waals surface area (Å²) in [6, 6.07) is 3.09. The topological polar surface area (TPSA) is 55.1 Å². The summed E-state index contributed by atoms with van der Waals surface area (Å²) in [6.45, 7) is 2.83. The predicted octanol–water partition coefficient (Wildman–Crippen LogP) is 3.50. The monoisotopic (exact) mass is 286 g/mol. The van der Waals surface area contributed by atoms with Crippen LogP contribution in [0.25, 0.3) is 0 Å². The summed E-state index contributed by atoms with van der Waals surface area (Å²) in [5.41, 5.74) is 6.74. The number of carbonyl (C=O) groups excluding carboxylic acids is 1. The number of rotatable bonds is 4. The number of hydrogen-bond donors (Lipinski definition) is 2. The Morgan fingerprint density at radius 2 is 2.11 bits per heavy atom. The number of nitrogens with two attached hydrogens (primary N) is 1. The number of carbonyl (C=O) groups is 1. The molecule has 3 nitrogen and oxygen atoms in total. The van der Waals surface area contributed by atoms with Gasteiger partial charge in [0.1, 0.15) is 0 Å². The minimum Gasteiger partial charge on any atom is -0.399 e. The Labute approximate surface area is 117 Å². The molecule has 1 saturated carbocycles. The second kappa shape index (κ2) is 4.98. The van der Waals surface area contributed by atoms with E-state index in [1.807, 2.05) is 0 Å². The first-order valence-corrected chi connectivity index (χ1v) is 6.76. The van der Waals surface area contributed by atoms with Crippen molar-refractivity contribution in [1.29, 1.82) is 0 Å². The highest BCUT2D eigenvalue weighted by atomic mass is 35.5. The van der Waals surface area contributed by atoms with Crippen LogP contribution < -0.4 is 11.1 Å². The zero-order chi connectivity index (χ0) is 13.3. The SMILES string of the molecule is CCC1(CNC(=O)c2cc(N)cc(Cl)c2Cl)CC1. The Morgan fingerprint density at radius 3 is 2.67 bits per heavy atom. The number of anilines is 1. The molecule has 1 aliphatic carbocycles. The summed E-state index contributed by atoms with van der Waals surface area (Å²) < 4.78 is 0. The molecule has 18 heavy (non-hydrogen) atoms. The molecule has 1 amide bonds. The summed E-state index contributed by atoms with van der Waals surface area (Å²) in [5.74, 6) is -0.214. The van der Waals surface area contributed by atoms with Gasteiger partial charge in [-0.15, -0.1) is 0 Å². The summed E-state index contributed by atoms with van der Waals surface area (Å²) in [5, 5.41) is 3.47. The third-order valence-electron chi connectivity index (χ3n) is 3.63. The Bertz CT molecular complexity index is 484. The molecule has 3 N–H and O–H groups in total. The van der Waals surface area contributed by atoms with Crippen LogP contribution in [0.4, 0.5) is 5.69 Å². The van der Waals surface area contributed by atoms with E-state index in [1.165, 1.54) is 18.9 Å². The fraction of sp³-hybridized carbons (Fsp3) is 0.462. The van der Waals surface area contributed by atoms with Gasteiger partial charge < -0.3 is 11.1 Å². The van der Waals surface area contributed by atoms with Crippen LogP contribution >= 0.6 is 23.2 Å². The second-order valence-electron chi connectivity index (χ2n) is 4.90. The third-order valence-corrected chi connectivity index (χ3v) is 4.43. The second-order valence-corrected chi connectivity index (χ2v) is 5.69. The normalized spacial score (nSPS) is 16.4. The number of halogens is 2. The maximum absolute atomic E-state index is 12.1. The Morgan fingerprint density at radius 1 is 1.44 bits per heavy atom. The van der Waals surface area contributed by atoms with Crippen LogP contribution in [-0.2, 0) is 0 Å². The van der Waals surface area contributed by atoms with Gasteiger partial charge in [0.15, 0.2) is 0 Å². The standard InChI is InChI=1S/C13H16Cl2N2O/c1-2-13(3-4-13)7-17-12(18)9-5-8(16)6-10(14)11(9)15/h5-6H,2-4,7,16H2,1H3,(H,17,18). The van der Waals surface area contributed by atoms with Gasteiger partial charge in [-0.2, -0.15) is 0 Å². The highest BCUT2D eigenvalue weighted by Gasteiger charge is 2.40. The quantitative estimate of drug-likeness (QED) is 0.833. The average Bonchev–Trinajstić information content (AvgIpc) is 3.11. The number of hydrogen-bond acceptors (Lipinski definition) is 2. The highest BCUT2D eigenvalue weighted by Crippen LogP contribution is 2.47. The minimum atomic E-state index is -0.214. The third kappa shape index (κ3) is 2.73. The molecule has 2 rings (SSSR count). The van der Waals surface area contributed by atoms with Crippen LogP contribution in [0.2, 0.25) is 10.0 Å². The van der Waals surface area contributed by atoms with Gasteiger partial charge in [-0.25, -0.2) is 0 Å². The average molecular weight is 287 g/mol. The first-order chi connectivity index (χ1) is 8.47. The molecule has 0 aromatic heterocycles. The van der Waals surface area contributed by atoms with Gasteiger partial charge in [-0.05, 0) is 36.8 Å². The van der Waals surface area contributed by atoms with Crippen molar-refractivity contribution in [3.63, 3.8) is 0 Å². The van der Waals surface area contributed by atoms with E-state index in [9.17, 15) is 4.79 Å². The van der Waals surface area contributed by atoms with E-state index in [2.05, 4.69) is 12.2 Å². The molecule has 98 valence electrons. The molecule has 1 aromatic rings. The molecule has 5 heteroatoms. The molecule has 0 spiro atoms. The lowest BCUT2D eigenvalue weighted by Crippen LogP contribution is -2.30. The summed E-state index contributed by atoms with van der Waals surface area (Å²) >= 11 is 11.9.